The molecule has 2 rings (SSSR count). The first-order chi connectivity index (χ1) is 7.90. The Morgan fingerprint density at radius 2 is 2.06 bits per heavy atom. The summed E-state index contributed by atoms with van der Waals surface area (Å²) in [6.07, 6.45) is 0. The Kier molecular flexibility index (Phi) is 3.23. The number of hydrogen-bond donors (Lipinski definition) is 1. The van der Waals surface area contributed by atoms with Crippen LogP contribution in [0.2, 0.25) is 0 Å². The van der Waals surface area contributed by atoms with Crippen LogP contribution in [0.3, 0.4) is 0 Å². The molecule has 1 fully saturated rings. The lowest BCUT2D eigenvalue weighted by Gasteiger charge is -2.50. The molecule has 17 heavy (non-hydrogen) atoms. The van der Waals surface area contributed by atoms with Crippen LogP contribution in [0.25, 0.3) is 0 Å². The second-order valence-electron chi connectivity index (χ2n) is 4.98. The van der Waals surface area contributed by atoms with Crippen molar-refractivity contribution in [3.05, 3.63) is 28.2 Å². The molecular weight excluding hydrogens is 284 g/mol. The predicted octanol–water partition coefficient (Wildman–Crippen LogP) is 2.50. The summed E-state index contributed by atoms with van der Waals surface area (Å²) < 4.78 is 11.7. The Morgan fingerprint density at radius 1 is 1.41 bits per heavy atom. The molecule has 0 radical (unpaired) electrons. The zero-order valence-electron chi connectivity index (χ0n) is 10.3. The van der Waals surface area contributed by atoms with E-state index in [9.17, 15) is 5.11 Å². The van der Waals surface area contributed by atoms with Gasteiger partial charge in [0.1, 0.15) is 5.75 Å². The molecule has 0 aromatic heterocycles. The maximum absolute atomic E-state index is 10.4. The summed E-state index contributed by atoms with van der Waals surface area (Å²) in [4.78, 5) is 0. The average Bonchev–Trinajstić information content (AvgIpc) is 2.14. The number of halogens is 1. The van der Waals surface area contributed by atoms with Gasteiger partial charge < -0.3 is 14.6 Å². The molecule has 1 aromatic carbocycles. The van der Waals surface area contributed by atoms with Crippen molar-refractivity contribution in [2.75, 3.05) is 20.3 Å². The van der Waals surface area contributed by atoms with Gasteiger partial charge in [-0.25, -0.2) is 0 Å². The molecule has 0 bridgehead atoms. The molecule has 3 nitrogen and oxygen atoms in total. The number of aliphatic hydroxyl groups is 1. The van der Waals surface area contributed by atoms with Gasteiger partial charge in [-0.3, -0.25) is 0 Å². The highest BCUT2D eigenvalue weighted by atomic mass is 79.9. The van der Waals surface area contributed by atoms with E-state index in [0.717, 1.165) is 15.8 Å². The fourth-order valence-corrected chi connectivity index (χ4v) is 2.56. The lowest BCUT2D eigenvalue weighted by molar-refractivity contribution is -0.158. The Hall–Kier alpha value is -0.580. The lowest BCUT2D eigenvalue weighted by atomic mass is 9.67. The molecule has 1 aromatic rings. The van der Waals surface area contributed by atoms with Crippen LogP contribution in [0.1, 0.15) is 19.4 Å². The number of methoxy groups -OCH3 is 1. The molecule has 1 aliphatic rings. The number of hydrogen-bond acceptors (Lipinski definition) is 3. The zero-order valence-corrected chi connectivity index (χ0v) is 11.9. The molecule has 0 unspecified atom stereocenters. The van der Waals surface area contributed by atoms with Gasteiger partial charge in [-0.05, 0) is 32.0 Å². The smallest absolute Gasteiger partial charge is 0.122 e. The summed E-state index contributed by atoms with van der Waals surface area (Å²) in [5.41, 5.74) is -0.241. The quantitative estimate of drug-likeness (QED) is 0.932. The van der Waals surface area contributed by atoms with Crippen LogP contribution >= 0.6 is 15.9 Å². The van der Waals surface area contributed by atoms with Gasteiger partial charge in [-0.15, -0.1) is 0 Å². The lowest BCUT2D eigenvalue weighted by Crippen LogP contribution is -2.60. The average molecular weight is 301 g/mol. The standard InChI is InChI=1S/C13H17BrO3/c1-12(2,15)13(7-17-8-13)10-6-9(14)4-5-11(10)16-3/h4-6,15H,7-8H2,1-3H3. The molecule has 94 valence electrons. The third-order valence-corrected chi connectivity index (χ3v) is 4.04. The Balaban J connectivity index is 2.54. The number of rotatable bonds is 3. The largest absolute Gasteiger partial charge is 0.496 e. The molecule has 1 saturated heterocycles. The van der Waals surface area contributed by atoms with E-state index >= 15 is 0 Å². The van der Waals surface area contributed by atoms with Gasteiger partial charge in [0.25, 0.3) is 0 Å². The predicted molar refractivity (Wildman–Crippen MR) is 69.5 cm³/mol. The highest BCUT2D eigenvalue weighted by molar-refractivity contribution is 9.10. The van der Waals surface area contributed by atoms with Gasteiger partial charge in [-0.2, -0.15) is 0 Å². The van der Waals surface area contributed by atoms with Gasteiger partial charge in [0.05, 0.1) is 31.3 Å². The number of benzene rings is 1. The summed E-state index contributed by atoms with van der Waals surface area (Å²) in [5.74, 6) is 0.790. The molecule has 0 aliphatic carbocycles. The minimum absolute atomic E-state index is 0.387. The van der Waals surface area contributed by atoms with E-state index in [4.69, 9.17) is 9.47 Å². The normalized spacial score (nSPS) is 18.6. The van der Waals surface area contributed by atoms with E-state index < -0.39 is 5.60 Å². The summed E-state index contributed by atoms with van der Waals surface area (Å²) in [6.45, 7) is 4.67. The van der Waals surface area contributed by atoms with Gasteiger partial charge in [0.2, 0.25) is 0 Å². The van der Waals surface area contributed by atoms with Crippen molar-refractivity contribution in [1.29, 1.82) is 0 Å². The van der Waals surface area contributed by atoms with E-state index in [1.807, 2.05) is 32.0 Å². The van der Waals surface area contributed by atoms with Gasteiger partial charge in [-0.1, -0.05) is 15.9 Å². The summed E-state index contributed by atoms with van der Waals surface area (Å²) in [6, 6.07) is 5.84. The fourth-order valence-electron chi connectivity index (χ4n) is 2.20. The first-order valence-corrected chi connectivity index (χ1v) is 6.34. The Bertz CT molecular complexity index is 419. The van der Waals surface area contributed by atoms with Gasteiger partial charge in [0.15, 0.2) is 0 Å². The SMILES string of the molecule is COc1ccc(Br)cc1C1(C(C)(C)O)COC1. The summed E-state index contributed by atoms with van der Waals surface area (Å²) >= 11 is 3.46. The van der Waals surface area contributed by atoms with Crippen LogP contribution in [0.5, 0.6) is 5.75 Å². The van der Waals surface area contributed by atoms with Gasteiger partial charge >= 0.3 is 0 Å². The molecule has 0 amide bonds. The van der Waals surface area contributed by atoms with Crippen LogP contribution in [0.15, 0.2) is 22.7 Å². The van der Waals surface area contributed by atoms with Crippen molar-refractivity contribution in [2.24, 2.45) is 0 Å². The Labute approximate surface area is 110 Å². The first-order valence-electron chi connectivity index (χ1n) is 5.55. The van der Waals surface area contributed by atoms with E-state index in [0.29, 0.717) is 13.2 Å². The van der Waals surface area contributed by atoms with Crippen LogP contribution in [0.4, 0.5) is 0 Å². The monoisotopic (exact) mass is 300 g/mol. The topological polar surface area (TPSA) is 38.7 Å². The molecule has 0 saturated carbocycles. The van der Waals surface area contributed by atoms with E-state index in [-0.39, 0.29) is 5.41 Å². The third-order valence-electron chi connectivity index (χ3n) is 3.55. The van der Waals surface area contributed by atoms with Crippen molar-refractivity contribution < 1.29 is 14.6 Å². The maximum atomic E-state index is 10.4. The molecule has 1 N–H and O–H groups in total. The first kappa shape index (κ1) is 12.9. The second-order valence-corrected chi connectivity index (χ2v) is 5.89. The van der Waals surface area contributed by atoms with Crippen LogP contribution in [-0.2, 0) is 10.2 Å². The molecule has 0 spiro atoms. The van der Waals surface area contributed by atoms with Crippen LogP contribution < -0.4 is 4.74 Å². The zero-order chi connectivity index (χ0) is 12.7. The summed E-state index contributed by atoms with van der Waals surface area (Å²) in [7, 11) is 1.64. The van der Waals surface area contributed by atoms with Crippen molar-refractivity contribution in [1.82, 2.24) is 0 Å². The van der Waals surface area contributed by atoms with E-state index in [1.54, 1.807) is 7.11 Å². The number of ether oxygens (including phenoxy) is 2. The minimum Gasteiger partial charge on any atom is -0.496 e. The van der Waals surface area contributed by atoms with Crippen molar-refractivity contribution in [3.8, 4) is 5.75 Å². The maximum Gasteiger partial charge on any atom is 0.122 e. The highest BCUT2D eigenvalue weighted by Crippen LogP contribution is 2.46. The highest BCUT2D eigenvalue weighted by Gasteiger charge is 2.53. The molecule has 4 heteroatoms. The second kappa shape index (κ2) is 4.26. The third kappa shape index (κ3) is 1.98. The fraction of sp³-hybridized carbons (Fsp3) is 0.538. The van der Waals surface area contributed by atoms with E-state index in [2.05, 4.69) is 15.9 Å². The molecule has 1 aliphatic heterocycles. The molecular formula is C13H17BrO3. The van der Waals surface area contributed by atoms with Crippen molar-refractivity contribution in [2.45, 2.75) is 24.9 Å². The Morgan fingerprint density at radius 3 is 2.47 bits per heavy atom. The molecule has 0 atom stereocenters. The molecule has 1 heterocycles. The van der Waals surface area contributed by atoms with Crippen molar-refractivity contribution >= 4 is 15.9 Å². The van der Waals surface area contributed by atoms with E-state index in [1.165, 1.54) is 0 Å². The minimum atomic E-state index is -0.848. The van der Waals surface area contributed by atoms with Crippen molar-refractivity contribution in [3.63, 3.8) is 0 Å². The van der Waals surface area contributed by atoms with Gasteiger partial charge in [0, 0.05) is 10.0 Å². The summed E-state index contributed by atoms with van der Waals surface area (Å²) in [5, 5.41) is 10.4. The van der Waals surface area contributed by atoms with Crippen LogP contribution in [0, 0.1) is 0 Å². The van der Waals surface area contributed by atoms with Crippen LogP contribution in [-0.4, -0.2) is 31.0 Å².